The van der Waals surface area contributed by atoms with Crippen molar-refractivity contribution in [3.05, 3.63) is 58.9 Å². The van der Waals surface area contributed by atoms with Crippen molar-refractivity contribution in [3.8, 4) is 0 Å². The summed E-state index contributed by atoms with van der Waals surface area (Å²) in [5.74, 6) is -1.93. The molecular formula is C22H25FN2O5S. The molecule has 1 saturated heterocycles. The number of aryl methyl sites for hydroxylation is 2. The lowest BCUT2D eigenvalue weighted by atomic mass is 10.1. The van der Waals surface area contributed by atoms with Gasteiger partial charge in [-0.1, -0.05) is 18.6 Å². The van der Waals surface area contributed by atoms with Crippen LogP contribution in [0.25, 0.3) is 0 Å². The number of nitrogens with zero attached hydrogens (tertiary/aromatic N) is 1. The maximum absolute atomic E-state index is 13.4. The fourth-order valence-electron chi connectivity index (χ4n) is 3.36. The van der Waals surface area contributed by atoms with Crippen molar-refractivity contribution >= 4 is 27.6 Å². The van der Waals surface area contributed by atoms with E-state index in [2.05, 4.69) is 5.32 Å². The molecule has 3 rings (SSSR count). The number of amides is 1. The number of ether oxygens (including phenoxy) is 1. The minimum Gasteiger partial charge on any atom is -0.452 e. The summed E-state index contributed by atoms with van der Waals surface area (Å²) in [5, 5.41) is 2.49. The minimum absolute atomic E-state index is 0.0202. The van der Waals surface area contributed by atoms with Crippen LogP contribution in [0.4, 0.5) is 10.1 Å². The van der Waals surface area contributed by atoms with Crippen LogP contribution in [0, 0.1) is 19.7 Å². The number of esters is 1. The SMILES string of the molecule is Cc1ccc(F)cc1NC(=O)COC(=O)c1cc(S(=O)(=O)N2CCCCC2)ccc1C. The van der Waals surface area contributed by atoms with Crippen molar-refractivity contribution in [1.29, 1.82) is 0 Å². The molecule has 0 atom stereocenters. The maximum Gasteiger partial charge on any atom is 0.338 e. The first-order chi connectivity index (χ1) is 14.7. The Morgan fingerprint density at radius 2 is 1.71 bits per heavy atom. The predicted molar refractivity (Wildman–Crippen MR) is 114 cm³/mol. The lowest BCUT2D eigenvalue weighted by Gasteiger charge is -2.26. The summed E-state index contributed by atoms with van der Waals surface area (Å²) in [5.41, 5.74) is 1.55. The minimum atomic E-state index is -3.70. The van der Waals surface area contributed by atoms with Crippen LogP contribution in [0.15, 0.2) is 41.3 Å². The van der Waals surface area contributed by atoms with Crippen molar-refractivity contribution in [2.45, 2.75) is 38.0 Å². The number of anilines is 1. The Labute approximate surface area is 181 Å². The van der Waals surface area contributed by atoms with Crippen molar-refractivity contribution in [2.24, 2.45) is 0 Å². The first-order valence-electron chi connectivity index (χ1n) is 10.0. The number of piperidine rings is 1. The topological polar surface area (TPSA) is 92.8 Å². The first kappa shape index (κ1) is 22.9. The van der Waals surface area contributed by atoms with Gasteiger partial charge in [0.05, 0.1) is 10.5 Å². The van der Waals surface area contributed by atoms with E-state index in [-0.39, 0.29) is 16.1 Å². The normalized spacial score (nSPS) is 14.8. The number of carbonyl (C=O) groups is 2. The highest BCUT2D eigenvalue weighted by atomic mass is 32.2. The number of carbonyl (C=O) groups excluding carboxylic acids is 2. The summed E-state index contributed by atoms with van der Waals surface area (Å²) in [6, 6.07) is 8.27. The van der Waals surface area contributed by atoms with Crippen LogP contribution >= 0.6 is 0 Å². The van der Waals surface area contributed by atoms with Crippen molar-refractivity contribution < 1.29 is 27.1 Å². The molecule has 166 valence electrons. The molecule has 0 spiro atoms. The quantitative estimate of drug-likeness (QED) is 0.684. The van der Waals surface area contributed by atoms with E-state index < -0.39 is 34.3 Å². The van der Waals surface area contributed by atoms with E-state index in [1.54, 1.807) is 19.9 Å². The number of nitrogens with one attached hydrogen (secondary N) is 1. The summed E-state index contributed by atoms with van der Waals surface area (Å²) in [6.07, 6.45) is 2.61. The highest BCUT2D eigenvalue weighted by Crippen LogP contribution is 2.23. The third-order valence-electron chi connectivity index (χ3n) is 5.19. The second-order valence-electron chi connectivity index (χ2n) is 7.53. The van der Waals surface area contributed by atoms with Crippen LogP contribution in [0.2, 0.25) is 0 Å². The summed E-state index contributed by atoms with van der Waals surface area (Å²) in [6.45, 7) is 3.69. The number of hydrogen-bond donors (Lipinski definition) is 1. The highest BCUT2D eigenvalue weighted by molar-refractivity contribution is 7.89. The second kappa shape index (κ2) is 9.57. The van der Waals surface area contributed by atoms with Crippen LogP contribution in [0.3, 0.4) is 0 Å². The van der Waals surface area contributed by atoms with Gasteiger partial charge in [0.25, 0.3) is 5.91 Å². The molecular weight excluding hydrogens is 423 g/mol. The van der Waals surface area contributed by atoms with E-state index in [0.29, 0.717) is 24.2 Å². The van der Waals surface area contributed by atoms with Crippen LogP contribution < -0.4 is 5.32 Å². The Morgan fingerprint density at radius 3 is 2.42 bits per heavy atom. The Morgan fingerprint density at radius 1 is 1.03 bits per heavy atom. The predicted octanol–water partition coefficient (Wildman–Crippen LogP) is 3.41. The third kappa shape index (κ3) is 5.48. The monoisotopic (exact) mass is 448 g/mol. The van der Waals surface area contributed by atoms with Crippen LogP contribution in [-0.2, 0) is 19.6 Å². The fourth-order valence-corrected chi connectivity index (χ4v) is 4.90. The largest absolute Gasteiger partial charge is 0.452 e. The van der Waals surface area contributed by atoms with Gasteiger partial charge >= 0.3 is 5.97 Å². The number of benzene rings is 2. The summed E-state index contributed by atoms with van der Waals surface area (Å²) in [4.78, 5) is 24.7. The van der Waals surface area contributed by atoms with Crippen LogP contribution in [0.1, 0.15) is 40.7 Å². The van der Waals surface area contributed by atoms with Crippen molar-refractivity contribution in [1.82, 2.24) is 4.31 Å². The van der Waals surface area contributed by atoms with Crippen LogP contribution in [-0.4, -0.2) is 44.3 Å². The van der Waals surface area contributed by atoms with Crippen molar-refractivity contribution in [3.63, 3.8) is 0 Å². The molecule has 0 bridgehead atoms. The molecule has 9 heteroatoms. The molecule has 0 saturated carbocycles. The molecule has 0 aliphatic carbocycles. The molecule has 0 aromatic heterocycles. The zero-order valence-corrected chi connectivity index (χ0v) is 18.3. The Bertz CT molecular complexity index is 1100. The lowest BCUT2D eigenvalue weighted by Crippen LogP contribution is -2.35. The van der Waals surface area contributed by atoms with E-state index in [1.165, 1.54) is 34.6 Å². The van der Waals surface area contributed by atoms with E-state index >= 15 is 0 Å². The standard InChI is InChI=1S/C22H25FN2O5S/c1-15-7-9-18(31(28,29)25-10-4-3-5-11-25)13-19(15)22(27)30-14-21(26)24-20-12-17(23)8-6-16(20)2/h6-9,12-13H,3-5,10-11,14H2,1-2H3,(H,24,26). The molecule has 0 radical (unpaired) electrons. The van der Waals surface area contributed by atoms with Crippen molar-refractivity contribution in [2.75, 3.05) is 25.0 Å². The van der Waals surface area contributed by atoms with Gasteiger partial charge in [-0.2, -0.15) is 4.31 Å². The van der Waals surface area contributed by atoms with Crippen LogP contribution in [0.5, 0.6) is 0 Å². The molecule has 2 aromatic rings. The fraction of sp³-hybridized carbons (Fsp3) is 0.364. The molecule has 1 amide bonds. The number of hydrogen-bond acceptors (Lipinski definition) is 5. The van der Waals surface area contributed by atoms with Gasteiger partial charge in [-0.3, -0.25) is 4.79 Å². The van der Waals surface area contributed by atoms with Gasteiger partial charge in [0, 0.05) is 18.8 Å². The van der Waals surface area contributed by atoms with E-state index in [4.69, 9.17) is 4.74 Å². The molecule has 1 fully saturated rings. The van der Waals surface area contributed by atoms with Gasteiger partial charge in [0.1, 0.15) is 5.82 Å². The molecule has 1 aliphatic rings. The smallest absolute Gasteiger partial charge is 0.338 e. The Kier molecular flexibility index (Phi) is 7.07. The number of halogens is 1. The average molecular weight is 449 g/mol. The molecule has 1 N–H and O–H groups in total. The second-order valence-corrected chi connectivity index (χ2v) is 9.46. The molecule has 7 nitrogen and oxygen atoms in total. The van der Waals surface area contributed by atoms with E-state index in [1.807, 2.05) is 0 Å². The van der Waals surface area contributed by atoms with Gasteiger partial charge in [0.2, 0.25) is 10.0 Å². The van der Waals surface area contributed by atoms with Gasteiger partial charge in [-0.25, -0.2) is 17.6 Å². The zero-order valence-electron chi connectivity index (χ0n) is 17.5. The average Bonchev–Trinajstić information content (AvgIpc) is 2.75. The summed E-state index contributed by atoms with van der Waals surface area (Å²) in [7, 11) is -3.70. The number of sulfonamides is 1. The lowest BCUT2D eigenvalue weighted by molar-refractivity contribution is -0.119. The molecule has 1 heterocycles. The Balaban J connectivity index is 1.69. The molecule has 0 unspecified atom stereocenters. The van der Waals surface area contributed by atoms with Gasteiger partial charge in [0.15, 0.2) is 6.61 Å². The van der Waals surface area contributed by atoms with E-state index in [0.717, 1.165) is 19.3 Å². The molecule has 2 aromatic carbocycles. The Hall–Kier alpha value is -2.78. The third-order valence-corrected chi connectivity index (χ3v) is 7.08. The number of rotatable bonds is 6. The zero-order chi connectivity index (χ0) is 22.6. The summed E-state index contributed by atoms with van der Waals surface area (Å²) < 4.78 is 45.6. The summed E-state index contributed by atoms with van der Waals surface area (Å²) >= 11 is 0. The highest BCUT2D eigenvalue weighted by Gasteiger charge is 2.27. The van der Waals surface area contributed by atoms with Gasteiger partial charge in [-0.05, 0) is 62.1 Å². The molecule has 31 heavy (non-hydrogen) atoms. The maximum atomic E-state index is 13.4. The van der Waals surface area contributed by atoms with Gasteiger partial charge < -0.3 is 10.1 Å². The molecule has 1 aliphatic heterocycles. The van der Waals surface area contributed by atoms with Gasteiger partial charge in [-0.15, -0.1) is 0 Å². The van der Waals surface area contributed by atoms with E-state index in [9.17, 15) is 22.4 Å². The first-order valence-corrected chi connectivity index (χ1v) is 11.5.